The molecule has 0 bridgehead atoms. The maximum atomic E-state index is 12.7. The molecule has 0 aliphatic heterocycles. The number of carbonyl (C=O) groups excluding carboxylic acids is 1. The highest BCUT2D eigenvalue weighted by atomic mass is 16.6. The Labute approximate surface area is 200 Å². The molecule has 1 N–H and O–H groups in total. The van der Waals surface area contributed by atoms with Crippen LogP contribution in [-0.2, 0) is 0 Å². The number of furan rings is 1. The van der Waals surface area contributed by atoms with Crippen LogP contribution < -0.4 is 5.32 Å². The molecule has 0 atom stereocenters. The molecule has 174 valence electrons. The molecule has 8 heteroatoms. The van der Waals surface area contributed by atoms with Gasteiger partial charge in [0.25, 0.3) is 11.6 Å². The summed E-state index contributed by atoms with van der Waals surface area (Å²) in [5.74, 6) is 0.722. The zero-order valence-electron chi connectivity index (χ0n) is 19.0. The number of carbonyl (C=O) groups is 1. The molecule has 0 radical (unpaired) electrons. The van der Waals surface area contributed by atoms with Crippen LogP contribution in [0.4, 0.5) is 11.4 Å². The number of anilines is 1. The largest absolute Gasteiger partial charge is 0.451 e. The van der Waals surface area contributed by atoms with E-state index in [0.717, 1.165) is 5.56 Å². The Bertz CT molecular complexity index is 1550. The van der Waals surface area contributed by atoms with E-state index in [1.165, 1.54) is 23.8 Å². The second kappa shape index (κ2) is 8.90. The molecule has 2 heterocycles. The molecule has 8 nitrogen and oxygen atoms in total. The Morgan fingerprint density at radius 1 is 0.971 bits per heavy atom. The number of nitro benzene ring substituents is 1. The normalized spacial score (nSPS) is 11.2. The van der Waals surface area contributed by atoms with Gasteiger partial charge in [-0.3, -0.25) is 14.9 Å². The van der Waals surface area contributed by atoms with Gasteiger partial charge in [0.15, 0.2) is 11.3 Å². The fourth-order valence-corrected chi connectivity index (χ4v) is 3.78. The molecular weight excluding hydrogens is 446 g/mol. The summed E-state index contributed by atoms with van der Waals surface area (Å²) in [7, 11) is 0. The van der Waals surface area contributed by atoms with Crippen LogP contribution in [0.1, 0.15) is 35.9 Å². The molecule has 5 aromatic rings. The minimum Gasteiger partial charge on any atom is -0.451 e. The number of fused-ring (bicyclic) bond motifs is 1. The number of hydrogen-bond donors (Lipinski definition) is 1. The highest BCUT2D eigenvalue weighted by Gasteiger charge is 2.19. The summed E-state index contributed by atoms with van der Waals surface area (Å²) in [6.45, 7) is 4.28. The van der Waals surface area contributed by atoms with Crippen molar-refractivity contribution in [2.75, 3.05) is 5.32 Å². The van der Waals surface area contributed by atoms with Gasteiger partial charge in [0.05, 0.1) is 10.5 Å². The van der Waals surface area contributed by atoms with Gasteiger partial charge in [-0.15, -0.1) is 0 Å². The first-order valence-electron chi connectivity index (χ1n) is 11.0. The van der Waals surface area contributed by atoms with Crippen molar-refractivity contribution in [2.24, 2.45) is 0 Å². The van der Waals surface area contributed by atoms with Gasteiger partial charge in [0, 0.05) is 17.3 Å². The van der Waals surface area contributed by atoms with Crippen molar-refractivity contribution in [2.45, 2.75) is 19.8 Å². The molecule has 2 aromatic heterocycles. The molecule has 0 spiro atoms. The van der Waals surface area contributed by atoms with Crippen molar-refractivity contribution in [1.29, 1.82) is 0 Å². The van der Waals surface area contributed by atoms with E-state index in [4.69, 9.17) is 8.83 Å². The van der Waals surface area contributed by atoms with E-state index >= 15 is 0 Å². The van der Waals surface area contributed by atoms with Gasteiger partial charge in [0.2, 0.25) is 5.89 Å². The third-order valence-corrected chi connectivity index (χ3v) is 5.67. The number of hydrogen-bond acceptors (Lipinski definition) is 6. The third-order valence-electron chi connectivity index (χ3n) is 5.67. The predicted molar refractivity (Wildman–Crippen MR) is 132 cm³/mol. The zero-order chi connectivity index (χ0) is 24.5. The average molecular weight is 467 g/mol. The molecule has 0 fully saturated rings. The van der Waals surface area contributed by atoms with Gasteiger partial charge in [-0.25, -0.2) is 4.98 Å². The molecule has 1 amide bonds. The van der Waals surface area contributed by atoms with Gasteiger partial charge in [-0.05, 0) is 60.0 Å². The maximum absolute atomic E-state index is 12.7. The molecule has 0 aliphatic rings. The molecule has 0 saturated carbocycles. The van der Waals surface area contributed by atoms with Gasteiger partial charge >= 0.3 is 0 Å². The van der Waals surface area contributed by atoms with Crippen molar-refractivity contribution < 1.29 is 18.6 Å². The first-order valence-corrected chi connectivity index (χ1v) is 11.0. The van der Waals surface area contributed by atoms with Crippen LogP contribution in [0.2, 0.25) is 0 Å². The van der Waals surface area contributed by atoms with Crippen molar-refractivity contribution in [3.05, 3.63) is 100 Å². The van der Waals surface area contributed by atoms with Crippen LogP contribution in [0.25, 0.3) is 33.9 Å². The lowest BCUT2D eigenvalue weighted by atomic mass is 10.0. The van der Waals surface area contributed by atoms with E-state index in [0.29, 0.717) is 34.2 Å². The fourth-order valence-electron chi connectivity index (χ4n) is 3.78. The summed E-state index contributed by atoms with van der Waals surface area (Å²) in [5, 5.41) is 14.1. The first-order chi connectivity index (χ1) is 16.9. The molecule has 0 aliphatic carbocycles. The average Bonchev–Trinajstić information content (AvgIpc) is 3.51. The van der Waals surface area contributed by atoms with Crippen LogP contribution in [0, 0.1) is 10.1 Å². The summed E-state index contributed by atoms with van der Waals surface area (Å²) in [6.07, 6.45) is 0. The van der Waals surface area contributed by atoms with E-state index in [-0.39, 0.29) is 17.2 Å². The molecule has 35 heavy (non-hydrogen) atoms. The van der Waals surface area contributed by atoms with Crippen LogP contribution in [0.15, 0.2) is 87.7 Å². The number of rotatable bonds is 6. The van der Waals surface area contributed by atoms with E-state index in [1.807, 2.05) is 12.1 Å². The monoisotopic (exact) mass is 467 g/mol. The molecule has 5 rings (SSSR count). The number of nitrogens with zero attached hydrogens (tertiary/aromatic N) is 2. The number of nitro groups is 1. The smallest absolute Gasteiger partial charge is 0.291 e. The van der Waals surface area contributed by atoms with Crippen molar-refractivity contribution in [3.8, 4) is 22.8 Å². The highest BCUT2D eigenvalue weighted by Crippen LogP contribution is 2.31. The maximum Gasteiger partial charge on any atom is 0.291 e. The minimum absolute atomic E-state index is 0.0318. The predicted octanol–water partition coefficient (Wildman–Crippen LogP) is 7.04. The standard InChI is InChI=1S/C27H21N3O5/c1-16(2)17-7-9-18(10-8-17)27-29-21-15-19(11-12-24(21)35-27)28-26(31)25-14-13-23(34-25)20-5-3-4-6-22(20)30(32)33/h3-16H,1-2H3,(H,28,31). The zero-order valence-corrected chi connectivity index (χ0v) is 19.0. The van der Waals surface area contributed by atoms with E-state index < -0.39 is 10.8 Å². The number of aromatic nitrogens is 1. The number of nitrogens with one attached hydrogen (secondary N) is 1. The molecule has 0 saturated heterocycles. The number of benzene rings is 3. The molecular formula is C27H21N3O5. The summed E-state index contributed by atoms with van der Waals surface area (Å²) in [4.78, 5) is 28.1. The Kier molecular flexibility index (Phi) is 5.62. The molecule has 0 unspecified atom stereocenters. The number of amides is 1. The SMILES string of the molecule is CC(C)c1ccc(-c2nc3cc(NC(=O)c4ccc(-c5ccccc5[N+](=O)[O-])o4)ccc3o2)cc1. The van der Waals surface area contributed by atoms with E-state index in [2.05, 4.69) is 36.3 Å². The summed E-state index contributed by atoms with van der Waals surface area (Å²) in [6, 6.07) is 22.5. The summed E-state index contributed by atoms with van der Waals surface area (Å²) < 4.78 is 11.5. The highest BCUT2D eigenvalue weighted by molar-refractivity contribution is 6.03. The second-order valence-corrected chi connectivity index (χ2v) is 8.37. The topological polar surface area (TPSA) is 111 Å². The van der Waals surface area contributed by atoms with Crippen molar-refractivity contribution in [3.63, 3.8) is 0 Å². The lowest BCUT2D eigenvalue weighted by Gasteiger charge is -2.04. The van der Waals surface area contributed by atoms with Gasteiger partial charge in [-0.1, -0.05) is 38.1 Å². The Morgan fingerprint density at radius 3 is 2.49 bits per heavy atom. The molecule has 3 aromatic carbocycles. The summed E-state index contributed by atoms with van der Waals surface area (Å²) >= 11 is 0. The Hall–Kier alpha value is -4.72. The van der Waals surface area contributed by atoms with Crippen LogP contribution in [-0.4, -0.2) is 15.8 Å². The van der Waals surface area contributed by atoms with Crippen molar-refractivity contribution in [1.82, 2.24) is 4.98 Å². The number of oxazole rings is 1. The Morgan fingerprint density at radius 2 is 1.74 bits per heavy atom. The van der Waals surface area contributed by atoms with E-state index in [9.17, 15) is 14.9 Å². The first kappa shape index (κ1) is 22.1. The van der Waals surface area contributed by atoms with Crippen LogP contribution >= 0.6 is 0 Å². The quantitative estimate of drug-likeness (QED) is 0.212. The summed E-state index contributed by atoms with van der Waals surface area (Å²) in [5.41, 5.74) is 4.02. The van der Waals surface area contributed by atoms with Gasteiger partial charge < -0.3 is 14.2 Å². The van der Waals surface area contributed by atoms with Crippen molar-refractivity contribution >= 4 is 28.4 Å². The van der Waals surface area contributed by atoms with Crippen LogP contribution in [0.3, 0.4) is 0 Å². The van der Waals surface area contributed by atoms with Gasteiger partial charge in [0.1, 0.15) is 11.3 Å². The lowest BCUT2D eigenvalue weighted by molar-refractivity contribution is -0.384. The Balaban J connectivity index is 1.36. The third kappa shape index (κ3) is 4.41. The van der Waals surface area contributed by atoms with E-state index in [1.54, 1.807) is 36.4 Å². The second-order valence-electron chi connectivity index (χ2n) is 8.37. The van der Waals surface area contributed by atoms with Crippen LogP contribution in [0.5, 0.6) is 0 Å². The fraction of sp³-hybridized carbons (Fsp3) is 0.111. The van der Waals surface area contributed by atoms with Gasteiger partial charge in [-0.2, -0.15) is 0 Å². The minimum atomic E-state index is -0.488. The number of para-hydroxylation sites is 1. The lowest BCUT2D eigenvalue weighted by Crippen LogP contribution is -2.10.